The molecule has 12 heteroatoms. The standard InChI is InChI=1S/C29H39I5N4O3/c1-28(2,40)21-9-8-14-37(18-21)17-20-12-13-22(15-24(20)41-27(30-3)31-4)36-26(39)23-16-35-38(25(23)19-10-11-19)29(32-5,33-6)34-7/h12-13,15-16,19,21,27,40H,3-11,14,17-18H2,1-2H3,(H,36,39)/t21-/m0/s1. The van der Waals surface area contributed by atoms with Crippen molar-refractivity contribution in [1.29, 1.82) is 0 Å². The van der Waals surface area contributed by atoms with Crippen LogP contribution in [0.5, 0.6) is 5.75 Å². The maximum atomic E-state index is 13.7. The van der Waals surface area contributed by atoms with Gasteiger partial charge in [0.25, 0.3) is 5.91 Å². The predicted octanol–water partition coefficient (Wildman–Crippen LogP) is 7.24. The lowest BCUT2D eigenvalue weighted by atomic mass is 9.84. The number of nitrogens with one attached hydrogen (secondary N) is 1. The largest absolute Gasteiger partial charge is 0.471 e. The van der Waals surface area contributed by atoms with Gasteiger partial charge in [0.05, 0.1) is 23.1 Å². The van der Waals surface area contributed by atoms with E-state index in [4.69, 9.17) is 9.84 Å². The van der Waals surface area contributed by atoms with Crippen molar-refractivity contribution in [3.63, 3.8) is 0 Å². The van der Waals surface area contributed by atoms with Gasteiger partial charge in [0.15, 0.2) is 1.68 Å². The number of alkyl halides is 5. The summed E-state index contributed by atoms with van der Waals surface area (Å²) in [6.45, 7) is 6.41. The van der Waals surface area contributed by atoms with Crippen LogP contribution in [0.25, 0.3) is 0 Å². The quantitative estimate of drug-likeness (QED) is 0.154. The molecular weight excluding hydrogens is 1090 g/mol. The van der Waals surface area contributed by atoms with E-state index in [-0.39, 0.29) is 117 Å². The first-order chi connectivity index (χ1) is 19.6. The number of nitrogens with zero attached hydrogens (tertiary/aromatic N) is 3. The Hall–Kier alpha value is 0.620. The van der Waals surface area contributed by atoms with Crippen LogP contribution >= 0.6 is 104 Å². The molecule has 0 radical (unpaired) electrons. The number of aliphatic hydroxyl groups is 1. The van der Waals surface area contributed by atoms with E-state index in [1.54, 1.807) is 6.20 Å². The lowest BCUT2D eigenvalue weighted by Crippen LogP contribution is -2.44. The second kappa shape index (κ2) is 15.3. The fraction of sp³-hybridized carbons (Fsp3) is 0.483. The second-order valence-electron chi connectivity index (χ2n) is 10.7. The van der Waals surface area contributed by atoms with Crippen LogP contribution in [0.4, 0.5) is 5.69 Å². The molecule has 0 spiro atoms. The SMILES string of the molecule is C=IC(Oc1cc(NC(=O)c2cnn(C(I=C)(I=C)I=C)c2C2CC2)ccc1CN1CCC[C@H](C(C)(C)O)C1)I=C. The van der Waals surface area contributed by atoms with Crippen molar-refractivity contribution < 1.29 is 14.6 Å². The Labute approximate surface area is 293 Å². The fourth-order valence-electron chi connectivity index (χ4n) is 5.05. The number of carbonyl (C=O) groups is 1. The molecule has 2 N–H and O–H groups in total. The Morgan fingerprint density at radius 2 is 1.83 bits per heavy atom. The minimum absolute atomic E-state index is 0.0575. The molecule has 7 nitrogen and oxygen atoms in total. The lowest BCUT2D eigenvalue weighted by molar-refractivity contribution is -0.0198. The minimum atomic E-state index is -0.694. The molecule has 41 heavy (non-hydrogen) atoms. The van der Waals surface area contributed by atoms with Crippen LogP contribution in [0.1, 0.15) is 67.1 Å². The molecule has 1 aliphatic heterocycles. The molecule has 1 atom stereocenters. The van der Waals surface area contributed by atoms with E-state index in [1.165, 1.54) is 0 Å². The van der Waals surface area contributed by atoms with Crippen LogP contribution in [-0.4, -0.2) is 69.1 Å². The topological polar surface area (TPSA) is 79.6 Å². The molecule has 1 saturated carbocycles. The lowest BCUT2D eigenvalue weighted by Gasteiger charge is -2.39. The number of hydrogen-bond acceptors (Lipinski definition) is 5. The third kappa shape index (κ3) is 8.46. The Morgan fingerprint density at radius 3 is 2.41 bits per heavy atom. The zero-order valence-corrected chi connectivity index (χ0v) is 34.3. The van der Waals surface area contributed by atoms with Crippen LogP contribution < -0.4 is 10.1 Å². The zero-order valence-electron chi connectivity index (χ0n) is 23.5. The van der Waals surface area contributed by atoms with E-state index < -0.39 is 5.60 Å². The normalized spacial score (nSPS) is 18.5. The highest BCUT2D eigenvalue weighted by molar-refractivity contribution is 14.3. The van der Waals surface area contributed by atoms with Crippen molar-refractivity contribution in [3.8, 4) is 5.75 Å². The molecule has 228 valence electrons. The minimum Gasteiger partial charge on any atom is -0.471 e. The highest BCUT2D eigenvalue weighted by Gasteiger charge is 2.38. The average Bonchev–Trinajstić information content (AvgIpc) is 3.71. The van der Waals surface area contributed by atoms with Crippen LogP contribution in [0.2, 0.25) is 0 Å². The summed E-state index contributed by atoms with van der Waals surface area (Å²) in [4.78, 5) is 16.1. The molecule has 0 bridgehead atoms. The number of aromatic nitrogens is 2. The van der Waals surface area contributed by atoms with E-state index in [1.807, 2.05) is 26.0 Å². The number of ether oxygens (including phenoxy) is 1. The monoisotopic (exact) mass is 1130 g/mol. The van der Waals surface area contributed by atoms with Gasteiger partial charge in [-0.3, -0.25) is 9.69 Å². The molecule has 0 unspecified atom stereocenters. The molecule has 1 saturated heterocycles. The number of benzene rings is 1. The maximum Gasteiger partial charge on any atom is 0.259 e. The van der Waals surface area contributed by atoms with Crippen molar-refractivity contribution in [2.24, 2.45) is 5.92 Å². The van der Waals surface area contributed by atoms with Crippen LogP contribution in [0.3, 0.4) is 0 Å². The average molecular weight is 1130 g/mol. The van der Waals surface area contributed by atoms with E-state index >= 15 is 0 Å². The van der Waals surface area contributed by atoms with E-state index in [9.17, 15) is 9.90 Å². The molecule has 1 aromatic carbocycles. The van der Waals surface area contributed by atoms with E-state index in [0.29, 0.717) is 17.2 Å². The smallest absolute Gasteiger partial charge is 0.259 e. The van der Waals surface area contributed by atoms with Gasteiger partial charge in [-0.2, -0.15) is 5.10 Å². The molecule has 2 aromatic rings. The third-order valence-corrected chi connectivity index (χ3v) is 29.5. The van der Waals surface area contributed by atoms with Gasteiger partial charge in [0.1, 0.15) is 5.75 Å². The number of hydrogen-bond donors (Lipinski definition) is 2. The molecule has 2 fully saturated rings. The van der Waals surface area contributed by atoms with Gasteiger partial charge in [-0.25, -0.2) is 4.68 Å². The maximum absolute atomic E-state index is 13.7. The third-order valence-electron chi connectivity index (χ3n) is 7.42. The Kier molecular flexibility index (Phi) is 12.8. The van der Waals surface area contributed by atoms with Crippen molar-refractivity contribution >= 4 is 138 Å². The summed E-state index contributed by atoms with van der Waals surface area (Å²) in [5, 5.41) is 18.5. The summed E-state index contributed by atoms with van der Waals surface area (Å²) in [6, 6.07) is 6.01. The highest BCUT2D eigenvalue weighted by Crippen LogP contribution is 2.53. The molecule has 2 heterocycles. The number of rotatable bonds is 14. The van der Waals surface area contributed by atoms with Gasteiger partial charge >= 0.3 is 0 Å². The molecular formula is C29H39I5N4O3. The molecule has 1 aromatic heterocycles. The van der Waals surface area contributed by atoms with Crippen molar-refractivity contribution in [3.05, 3.63) is 41.2 Å². The first-order valence-corrected chi connectivity index (χ1v) is 26.5. The van der Waals surface area contributed by atoms with Gasteiger partial charge in [-0.1, -0.05) is 132 Å². The fourth-order valence-corrected chi connectivity index (χ4v) is 14.6. The van der Waals surface area contributed by atoms with Gasteiger partial charge in [0, 0.05) is 36.3 Å². The number of anilines is 1. The molecule has 1 aliphatic carbocycles. The van der Waals surface area contributed by atoms with E-state index in [2.05, 4.69) is 43.5 Å². The van der Waals surface area contributed by atoms with Gasteiger partial charge in [-0.05, 0) is 58.1 Å². The number of likely N-dealkylation sites (tertiary alicyclic amines) is 1. The van der Waals surface area contributed by atoms with Crippen LogP contribution in [0.15, 0.2) is 24.4 Å². The van der Waals surface area contributed by atoms with E-state index in [0.717, 1.165) is 62.3 Å². The van der Waals surface area contributed by atoms with Gasteiger partial charge < -0.3 is 15.2 Å². The predicted molar refractivity (Wildman–Crippen MR) is 221 cm³/mol. The van der Waals surface area contributed by atoms with Gasteiger partial charge in [0.2, 0.25) is 0 Å². The number of piperidine rings is 1. The summed E-state index contributed by atoms with van der Waals surface area (Å²) in [6.07, 6.45) is 6.02. The Balaban J connectivity index is 1.61. The number of carbonyl (C=O) groups excluding carboxylic acids is 1. The molecule has 1 amide bonds. The first kappa shape index (κ1) is 34.5. The number of amides is 1. The summed E-state index contributed by atoms with van der Waals surface area (Å²) in [5.41, 5.74) is 2.83. The summed E-state index contributed by atoms with van der Waals surface area (Å²) >= 11 is -1.87. The summed E-state index contributed by atoms with van der Waals surface area (Å²) in [7, 11) is 0. The Bertz CT molecular complexity index is 1300. The zero-order chi connectivity index (χ0) is 29.8. The van der Waals surface area contributed by atoms with Crippen molar-refractivity contribution in [2.45, 2.75) is 59.3 Å². The summed E-state index contributed by atoms with van der Waals surface area (Å²) < 4.78 is 30.0. The highest BCUT2D eigenvalue weighted by atomic mass is 127. The Morgan fingerprint density at radius 1 is 1.15 bits per heavy atom. The summed E-state index contributed by atoms with van der Waals surface area (Å²) in [5.74, 6) is 1.28. The molecule has 2 aliphatic rings. The van der Waals surface area contributed by atoms with Crippen LogP contribution in [-0.2, 0) is 6.10 Å². The van der Waals surface area contributed by atoms with Crippen LogP contribution in [0, 0.1) is 5.92 Å². The first-order valence-electron chi connectivity index (χ1n) is 13.2. The van der Waals surface area contributed by atoms with Crippen molar-refractivity contribution in [2.75, 3.05) is 18.4 Å². The molecule has 4 rings (SSSR count). The second-order valence-corrected chi connectivity index (χ2v) is 30.3. The van der Waals surface area contributed by atoms with Crippen molar-refractivity contribution in [1.82, 2.24) is 14.7 Å². The number of halogens is 5. The van der Waals surface area contributed by atoms with Gasteiger partial charge in [-0.15, -0.1) is 0 Å².